The molecule has 0 aromatic heterocycles. The fourth-order valence-corrected chi connectivity index (χ4v) is 2.78. The molecule has 1 N–H and O–H groups in total. The molecule has 1 unspecified atom stereocenters. The minimum Gasteiger partial charge on any atom is -0.490 e. The summed E-state index contributed by atoms with van der Waals surface area (Å²) in [4.78, 5) is 14.6. The van der Waals surface area contributed by atoms with E-state index >= 15 is 0 Å². The molecule has 1 aliphatic heterocycles. The Morgan fingerprint density at radius 3 is 2.54 bits per heavy atom. The minimum atomic E-state index is -0.237. The van der Waals surface area contributed by atoms with Crippen molar-refractivity contribution in [1.29, 1.82) is 0 Å². The molecular weight excluding hydrogens is 300 g/mol. The Balaban J connectivity index is 1.91. The van der Waals surface area contributed by atoms with Gasteiger partial charge >= 0.3 is 0 Å². The second kappa shape index (κ2) is 7.04. The Kier molecular flexibility index (Phi) is 4.66. The second-order valence-electron chi connectivity index (χ2n) is 5.51. The first-order valence-electron chi connectivity index (χ1n) is 7.85. The first-order chi connectivity index (χ1) is 11.7. The number of nitrogens with one attached hydrogen (secondary N) is 1. The highest BCUT2D eigenvalue weighted by molar-refractivity contribution is 6.01. The molecule has 24 heavy (non-hydrogen) atoms. The Morgan fingerprint density at radius 2 is 1.83 bits per heavy atom. The summed E-state index contributed by atoms with van der Waals surface area (Å²) in [6.45, 7) is 8.35. The summed E-state index contributed by atoms with van der Waals surface area (Å²) < 4.78 is 5.51. The van der Waals surface area contributed by atoms with Crippen molar-refractivity contribution in [2.45, 2.75) is 6.17 Å². The van der Waals surface area contributed by atoms with Gasteiger partial charge in [0.2, 0.25) is 0 Å². The van der Waals surface area contributed by atoms with E-state index in [1.165, 1.54) is 0 Å². The Bertz CT molecular complexity index is 752. The van der Waals surface area contributed by atoms with Gasteiger partial charge in [-0.1, -0.05) is 43.0 Å². The van der Waals surface area contributed by atoms with E-state index in [0.717, 1.165) is 17.0 Å². The molecule has 3 rings (SSSR count). The SMILES string of the molecule is C=CCOc1ccc(C2Nc3ccccc3C(=O)N2CC=C)cc1. The van der Waals surface area contributed by atoms with Crippen molar-refractivity contribution in [2.24, 2.45) is 0 Å². The van der Waals surface area contributed by atoms with Crippen molar-refractivity contribution in [3.63, 3.8) is 0 Å². The first kappa shape index (κ1) is 15.9. The van der Waals surface area contributed by atoms with Crippen molar-refractivity contribution in [3.05, 3.63) is 85.0 Å². The lowest BCUT2D eigenvalue weighted by Gasteiger charge is -2.37. The van der Waals surface area contributed by atoms with Gasteiger partial charge in [0, 0.05) is 12.2 Å². The predicted octanol–water partition coefficient (Wildman–Crippen LogP) is 4.00. The standard InChI is InChI=1S/C20H20N2O2/c1-3-13-22-19(15-9-11-16(12-10-15)24-14-4-2)21-18-8-6-5-7-17(18)20(22)23/h3-12,19,21H,1-2,13-14H2. The molecule has 0 saturated heterocycles. The van der Waals surface area contributed by atoms with Gasteiger partial charge in [0.05, 0.1) is 5.56 Å². The zero-order chi connectivity index (χ0) is 16.9. The third-order valence-corrected chi connectivity index (χ3v) is 3.91. The lowest BCUT2D eigenvalue weighted by molar-refractivity contribution is 0.0707. The quantitative estimate of drug-likeness (QED) is 0.818. The van der Waals surface area contributed by atoms with Crippen LogP contribution in [0.3, 0.4) is 0 Å². The highest BCUT2D eigenvalue weighted by Crippen LogP contribution is 2.33. The molecule has 2 aromatic rings. The van der Waals surface area contributed by atoms with E-state index in [9.17, 15) is 4.79 Å². The van der Waals surface area contributed by atoms with Gasteiger partial charge in [0.1, 0.15) is 18.5 Å². The third-order valence-electron chi connectivity index (χ3n) is 3.91. The number of hydrogen-bond acceptors (Lipinski definition) is 3. The highest BCUT2D eigenvalue weighted by Gasteiger charge is 2.31. The van der Waals surface area contributed by atoms with Gasteiger partial charge < -0.3 is 15.0 Å². The van der Waals surface area contributed by atoms with E-state index in [1.807, 2.05) is 48.5 Å². The van der Waals surface area contributed by atoms with Crippen LogP contribution >= 0.6 is 0 Å². The number of amides is 1. The third kappa shape index (κ3) is 3.04. The zero-order valence-electron chi connectivity index (χ0n) is 13.4. The number of carbonyl (C=O) groups is 1. The average molecular weight is 320 g/mol. The van der Waals surface area contributed by atoms with Gasteiger partial charge in [-0.25, -0.2) is 0 Å². The number of fused-ring (bicyclic) bond motifs is 1. The van der Waals surface area contributed by atoms with Crippen LogP contribution in [0.2, 0.25) is 0 Å². The van der Waals surface area contributed by atoms with Crippen molar-refractivity contribution < 1.29 is 9.53 Å². The van der Waals surface area contributed by atoms with E-state index in [0.29, 0.717) is 18.7 Å². The van der Waals surface area contributed by atoms with Crippen LogP contribution in [0.1, 0.15) is 22.1 Å². The van der Waals surface area contributed by atoms with Gasteiger partial charge in [-0.15, -0.1) is 6.58 Å². The number of hydrogen-bond donors (Lipinski definition) is 1. The summed E-state index contributed by atoms with van der Waals surface area (Å²) in [6.07, 6.45) is 3.21. The Labute approximate surface area is 142 Å². The smallest absolute Gasteiger partial charge is 0.258 e. The molecule has 0 aliphatic carbocycles. The van der Waals surface area contributed by atoms with Crippen molar-refractivity contribution in [3.8, 4) is 5.75 Å². The molecule has 1 heterocycles. The van der Waals surface area contributed by atoms with Crippen LogP contribution in [0.25, 0.3) is 0 Å². The summed E-state index contributed by atoms with van der Waals surface area (Å²) in [5.74, 6) is 0.776. The van der Waals surface area contributed by atoms with Gasteiger partial charge in [-0.3, -0.25) is 4.79 Å². The van der Waals surface area contributed by atoms with Crippen molar-refractivity contribution in [1.82, 2.24) is 4.90 Å². The van der Waals surface area contributed by atoms with Crippen LogP contribution in [-0.4, -0.2) is 24.0 Å². The number of rotatable bonds is 6. The maximum atomic E-state index is 12.8. The summed E-state index contributed by atoms with van der Waals surface area (Å²) in [7, 11) is 0. The number of nitrogens with zero attached hydrogens (tertiary/aromatic N) is 1. The van der Waals surface area contributed by atoms with Gasteiger partial charge in [0.15, 0.2) is 0 Å². The van der Waals surface area contributed by atoms with E-state index < -0.39 is 0 Å². The fourth-order valence-electron chi connectivity index (χ4n) is 2.78. The predicted molar refractivity (Wildman–Crippen MR) is 96.2 cm³/mol. The molecule has 4 nitrogen and oxygen atoms in total. The summed E-state index contributed by atoms with van der Waals surface area (Å²) in [6, 6.07) is 15.3. The van der Waals surface area contributed by atoms with Gasteiger partial charge in [0.25, 0.3) is 5.91 Å². The molecule has 4 heteroatoms. The lowest BCUT2D eigenvalue weighted by Crippen LogP contribution is -2.42. The lowest BCUT2D eigenvalue weighted by atomic mass is 10.0. The molecule has 1 atom stereocenters. The fraction of sp³-hybridized carbons (Fsp3) is 0.150. The molecule has 0 spiro atoms. The normalized spacial score (nSPS) is 16.1. The van der Waals surface area contributed by atoms with E-state index in [4.69, 9.17) is 4.74 Å². The van der Waals surface area contributed by atoms with E-state index in [1.54, 1.807) is 17.1 Å². The van der Waals surface area contributed by atoms with Gasteiger partial charge in [-0.05, 0) is 29.8 Å². The average Bonchev–Trinajstić information content (AvgIpc) is 2.63. The molecule has 0 bridgehead atoms. The van der Waals surface area contributed by atoms with E-state index in [2.05, 4.69) is 18.5 Å². The van der Waals surface area contributed by atoms with Crippen LogP contribution in [-0.2, 0) is 0 Å². The van der Waals surface area contributed by atoms with E-state index in [-0.39, 0.29) is 12.1 Å². The van der Waals surface area contributed by atoms with Crippen LogP contribution in [0, 0.1) is 0 Å². The maximum absolute atomic E-state index is 12.8. The number of benzene rings is 2. The number of ether oxygens (including phenoxy) is 1. The molecule has 1 aliphatic rings. The number of anilines is 1. The number of para-hydroxylation sites is 1. The van der Waals surface area contributed by atoms with Crippen molar-refractivity contribution in [2.75, 3.05) is 18.5 Å². The molecular formula is C20H20N2O2. The first-order valence-corrected chi connectivity index (χ1v) is 7.85. The largest absolute Gasteiger partial charge is 0.490 e. The molecule has 0 fully saturated rings. The topological polar surface area (TPSA) is 41.6 Å². The Hall–Kier alpha value is -3.01. The number of carbonyl (C=O) groups excluding carboxylic acids is 1. The van der Waals surface area contributed by atoms with Crippen LogP contribution in [0.15, 0.2) is 73.8 Å². The molecule has 0 radical (unpaired) electrons. The van der Waals surface area contributed by atoms with Crippen LogP contribution in [0.4, 0.5) is 5.69 Å². The monoisotopic (exact) mass is 320 g/mol. The molecule has 0 saturated carbocycles. The summed E-state index contributed by atoms with van der Waals surface area (Å²) >= 11 is 0. The summed E-state index contributed by atoms with van der Waals surface area (Å²) in [5, 5.41) is 3.44. The van der Waals surface area contributed by atoms with Gasteiger partial charge in [-0.2, -0.15) is 0 Å². The minimum absolute atomic E-state index is 0.00114. The summed E-state index contributed by atoms with van der Waals surface area (Å²) in [5.41, 5.74) is 2.52. The van der Waals surface area contributed by atoms with Crippen molar-refractivity contribution >= 4 is 11.6 Å². The second-order valence-corrected chi connectivity index (χ2v) is 5.51. The molecule has 122 valence electrons. The maximum Gasteiger partial charge on any atom is 0.258 e. The molecule has 2 aromatic carbocycles. The molecule has 1 amide bonds. The highest BCUT2D eigenvalue weighted by atomic mass is 16.5. The van der Waals surface area contributed by atoms with Crippen LogP contribution < -0.4 is 10.1 Å². The Morgan fingerprint density at radius 1 is 1.08 bits per heavy atom. The zero-order valence-corrected chi connectivity index (χ0v) is 13.4. The van der Waals surface area contributed by atoms with Crippen LogP contribution in [0.5, 0.6) is 5.75 Å².